The van der Waals surface area contributed by atoms with Crippen molar-refractivity contribution in [2.45, 2.75) is 64.1 Å². The van der Waals surface area contributed by atoms with Crippen LogP contribution in [0.25, 0.3) is 4.85 Å². The molecule has 124 valence electrons. The predicted molar refractivity (Wildman–Crippen MR) is 88.5 cm³/mol. The highest BCUT2D eigenvalue weighted by molar-refractivity contribution is 5.84. The van der Waals surface area contributed by atoms with Gasteiger partial charge in [-0.1, -0.05) is 0 Å². The van der Waals surface area contributed by atoms with Crippen molar-refractivity contribution in [2.24, 2.45) is 0 Å². The van der Waals surface area contributed by atoms with E-state index in [2.05, 4.69) is 10.2 Å². The van der Waals surface area contributed by atoms with E-state index in [1.54, 1.807) is 43.7 Å². The smallest absolute Gasteiger partial charge is 0.412 e. The van der Waals surface area contributed by atoms with Crippen LogP contribution in [0.15, 0.2) is 23.1 Å². The van der Waals surface area contributed by atoms with Crippen LogP contribution in [-0.4, -0.2) is 22.3 Å². The Morgan fingerprint density at radius 3 is 2.83 bits per heavy atom. The zero-order valence-electron chi connectivity index (χ0n) is 13.8. The van der Waals surface area contributed by atoms with E-state index in [1.807, 2.05) is 0 Å². The van der Waals surface area contributed by atoms with Gasteiger partial charge in [-0.25, -0.2) is 11.4 Å². The predicted octanol–water partition coefficient (Wildman–Crippen LogP) is 3.60. The summed E-state index contributed by atoms with van der Waals surface area (Å²) in [4.78, 5) is 28.0. The number of pyridine rings is 1. The van der Waals surface area contributed by atoms with Crippen LogP contribution in [0.3, 0.4) is 0 Å². The molecule has 1 aromatic rings. The number of amides is 1. The number of carbonyl (C=O) groups is 1. The highest BCUT2D eigenvalue weighted by Crippen LogP contribution is 2.29. The van der Waals surface area contributed by atoms with Crippen molar-refractivity contribution in [1.82, 2.24) is 4.57 Å². The van der Waals surface area contributed by atoms with Gasteiger partial charge < -0.3 is 14.1 Å². The van der Waals surface area contributed by atoms with Gasteiger partial charge in [-0.2, -0.15) is 0 Å². The molecular formula is C17H23N3O3. The minimum atomic E-state index is -0.643. The molecule has 1 amide bonds. The van der Waals surface area contributed by atoms with E-state index < -0.39 is 11.7 Å². The molecule has 6 nitrogen and oxygen atoms in total. The van der Waals surface area contributed by atoms with Gasteiger partial charge in [-0.15, -0.1) is 0 Å². The summed E-state index contributed by atoms with van der Waals surface area (Å²) in [6, 6.07) is 3.28. The first kappa shape index (κ1) is 17.1. The fourth-order valence-electron chi connectivity index (χ4n) is 2.82. The number of aromatic nitrogens is 1. The maximum Gasteiger partial charge on any atom is 0.412 e. The van der Waals surface area contributed by atoms with Crippen molar-refractivity contribution in [2.75, 3.05) is 5.32 Å². The van der Waals surface area contributed by atoms with E-state index in [9.17, 15) is 9.59 Å². The first-order valence-electron chi connectivity index (χ1n) is 7.88. The van der Waals surface area contributed by atoms with Crippen molar-refractivity contribution < 1.29 is 9.53 Å². The number of hydrogen-bond donors (Lipinski definition) is 1. The van der Waals surface area contributed by atoms with Crippen LogP contribution >= 0.6 is 0 Å². The molecule has 0 saturated heterocycles. The van der Waals surface area contributed by atoms with Crippen LogP contribution in [0.5, 0.6) is 0 Å². The quantitative estimate of drug-likeness (QED) is 0.848. The fourth-order valence-corrected chi connectivity index (χ4v) is 2.82. The Balaban J connectivity index is 2.17. The largest absolute Gasteiger partial charge is 0.444 e. The van der Waals surface area contributed by atoms with Crippen molar-refractivity contribution in [3.8, 4) is 0 Å². The molecule has 23 heavy (non-hydrogen) atoms. The zero-order valence-corrected chi connectivity index (χ0v) is 13.8. The maximum atomic E-state index is 12.6. The molecule has 1 unspecified atom stereocenters. The Bertz CT molecular complexity index is 667. The second-order valence-electron chi connectivity index (χ2n) is 6.86. The standard InChI is InChI=1S/C17H23N3O3/c1-17(2,3)23-16(22)19-14-9-6-10-20(15(14)21)13-8-5-7-12(11-13)18-4/h6,9-10,12-13H,5,7-8,11H2,1-3H3,(H,19,22)/t12-,13?/m1/s1. The third kappa shape index (κ3) is 4.59. The van der Waals surface area contributed by atoms with Gasteiger partial charge in [-0.3, -0.25) is 10.1 Å². The summed E-state index contributed by atoms with van der Waals surface area (Å²) in [5.74, 6) is 0. The lowest BCUT2D eigenvalue weighted by molar-refractivity contribution is 0.0635. The second-order valence-corrected chi connectivity index (χ2v) is 6.86. The average molecular weight is 317 g/mol. The van der Waals surface area contributed by atoms with Gasteiger partial charge in [0, 0.05) is 25.1 Å². The molecule has 1 aliphatic rings. The molecule has 1 aliphatic carbocycles. The molecule has 0 aliphatic heterocycles. The van der Waals surface area contributed by atoms with Crippen molar-refractivity contribution in [3.63, 3.8) is 0 Å². The number of hydrogen-bond acceptors (Lipinski definition) is 3. The Morgan fingerprint density at radius 1 is 1.43 bits per heavy atom. The zero-order chi connectivity index (χ0) is 17.0. The number of rotatable bonds is 2. The van der Waals surface area contributed by atoms with Gasteiger partial charge >= 0.3 is 6.09 Å². The minimum Gasteiger partial charge on any atom is -0.444 e. The molecule has 2 rings (SSSR count). The van der Waals surface area contributed by atoms with E-state index in [4.69, 9.17) is 11.3 Å². The normalized spacial score (nSPS) is 21.3. The topological polar surface area (TPSA) is 64.7 Å². The summed E-state index contributed by atoms with van der Waals surface area (Å²) in [5.41, 5.74) is -0.676. The van der Waals surface area contributed by atoms with Crippen LogP contribution < -0.4 is 10.9 Å². The van der Waals surface area contributed by atoms with E-state index >= 15 is 0 Å². The average Bonchev–Trinajstić information content (AvgIpc) is 2.47. The number of carbonyl (C=O) groups excluding carboxylic acids is 1. The Morgan fingerprint density at radius 2 is 2.17 bits per heavy atom. The summed E-state index contributed by atoms with van der Waals surface area (Å²) in [7, 11) is 0. The van der Waals surface area contributed by atoms with Crippen LogP contribution in [-0.2, 0) is 4.74 Å². The van der Waals surface area contributed by atoms with Crippen LogP contribution in [0, 0.1) is 6.57 Å². The third-order valence-electron chi connectivity index (χ3n) is 3.80. The summed E-state index contributed by atoms with van der Waals surface area (Å²) in [5, 5.41) is 2.52. The Hall–Kier alpha value is -2.29. The van der Waals surface area contributed by atoms with Gasteiger partial charge in [0.1, 0.15) is 11.3 Å². The number of nitrogens with zero attached hydrogens (tertiary/aromatic N) is 2. The molecular weight excluding hydrogens is 294 g/mol. The third-order valence-corrected chi connectivity index (χ3v) is 3.80. The number of nitrogens with one attached hydrogen (secondary N) is 1. The number of ether oxygens (including phenoxy) is 1. The van der Waals surface area contributed by atoms with E-state index in [0.717, 1.165) is 19.3 Å². The van der Waals surface area contributed by atoms with E-state index in [-0.39, 0.29) is 23.3 Å². The Labute approximate surface area is 136 Å². The van der Waals surface area contributed by atoms with Crippen LogP contribution in [0.1, 0.15) is 52.5 Å². The van der Waals surface area contributed by atoms with Gasteiger partial charge in [0.15, 0.2) is 0 Å². The fraction of sp³-hybridized carbons (Fsp3) is 0.588. The van der Waals surface area contributed by atoms with Gasteiger partial charge in [-0.05, 0) is 45.7 Å². The lowest BCUT2D eigenvalue weighted by Crippen LogP contribution is -2.33. The SMILES string of the molecule is [C-]#[N+][C@@H]1CCCC(n2cccc(NC(=O)OC(C)(C)C)c2=O)C1. The molecule has 2 atom stereocenters. The molecule has 0 aromatic carbocycles. The highest BCUT2D eigenvalue weighted by Gasteiger charge is 2.27. The van der Waals surface area contributed by atoms with Crippen molar-refractivity contribution in [3.05, 3.63) is 40.1 Å². The van der Waals surface area contributed by atoms with Gasteiger partial charge in [0.05, 0.1) is 0 Å². The molecule has 0 radical (unpaired) electrons. The molecule has 1 N–H and O–H groups in total. The number of anilines is 1. The molecule has 1 heterocycles. The molecule has 0 bridgehead atoms. The van der Waals surface area contributed by atoms with Crippen molar-refractivity contribution >= 4 is 11.8 Å². The summed E-state index contributed by atoms with van der Waals surface area (Å²) in [6.07, 6.45) is 4.47. The second kappa shape index (κ2) is 6.86. The molecule has 1 saturated carbocycles. The summed E-state index contributed by atoms with van der Waals surface area (Å²) in [6.45, 7) is 12.5. The molecule has 1 aromatic heterocycles. The van der Waals surface area contributed by atoms with Gasteiger partial charge in [0.25, 0.3) is 5.56 Å². The lowest BCUT2D eigenvalue weighted by atomic mass is 9.91. The highest BCUT2D eigenvalue weighted by atomic mass is 16.6. The molecule has 0 spiro atoms. The summed E-state index contributed by atoms with van der Waals surface area (Å²) < 4.78 is 6.81. The monoisotopic (exact) mass is 317 g/mol. The molecule has 6 heteroatoms. The van der Waals surface area contributed by atoms with Crippen LogP contribution in [0.2, 0.25) is 0 Å². The lowest BCUT2D eigenvalue weighted by Gasteiger charge is -2.25. The summed E-state index contributed by atoms with van der Waals surface area (Å²) >= 11 is 0. The maximum absolute atomic E-state index is 12.6. The van der Waals surface area contributed by atoms with Crippen LogP contribution in [0.4, 0.5) is 10.5 Å². The van der Waals surface area contributed by atoms with E-state index in [0.29, 0.717) is 6.42 Å². The molecule has 1 fully saturated rings. The van der Waals surface area contributed by atoms with Gasteiger partial charge in [0.2, 0.25) is 6.04 Å². The van der Waals surface area contributed by atoms with Crippen molar-refractivity contribution in [1.29, 1.82) is 0 Å². The Kier molecular flexibility index (Phi) is 5.09. The van der Waals surface area contributed by atoms with E-state index in [1.165, 1.54) is 0 Å². The first-order valence-corrected chi connectivity index (χ1v) is 7.88. The first-order chi connectivity index (χ1) is 10.8. The minimum absolute atomic E-state index is 0.00994.